The molecule has 0 aromatic carbocycles. The van der Waals surface area contributed by atoms with Crippen molar-refractivity contribution < 1.29 is 29.6 Å². The van der Waals surface area contributed by atoms with Gasteiger partial charge in [-0.1, -0.05) is 83.2 Å². The highest BCUT2D eigenvalue weighted by atomic mass is 16.6. The van der Waals surface area contributed by atoms with Gasteiger partial charge in [-0.05, 0) is 44.4 Å². The number of primary amides is 2. The molecule has 8 heteroatoms. The molecule has 8 nitrogen and oxygen atoms in total. The quantitative estimate of drug-likeness (QED) is 0.0834. The highest BCUT2D eigenvalue weighted by molar-refractivity contribution is 5.74. The number of carbonyl (C=O) groups excluding carboxylic acids is 2. The van der Waals surface area contributed by atoms with E-state index in [0.29, 0.717) is 12.8 Å². The molecule has 2 amide bonds. The summed E-state index contributed by atoms with van der Waals surface area (Å²) in [6.07, 6.45) is 11.5. The molecule has 0 radical (unpaired) electrons. The van der Waals surface area contributed by atoms with Crippen LogP contribution in [0.3, 0.4) is 0 Å². The summed E-state index contributed by atoms with van der Waals surface area (Å²) in [6.45, 7) is 15.3. The number of allylic oxidation sites excluding steroid dienone is 4. The van der Waals surface area contributed by atoms with Crippen LogP contribution in [0.1, 0.15) is 80.1 Å². The lowest BCUT2D eigenvalue weighted by Crippen LogP contribution is -2.37. The second-order valence-corrected chi connectivity index (χ2v) is 11.2. The Morgan fingerprint density at radius 3 is 2.13 bits per heavy atom. The third-order valence-electron chi connectivity index (χ3n) is 7.42. The molecular weight excluding hydrogens is 496 g/mol. The third-order valence-corrected chi connectivity index (χ3v) is 7.42. The first kappa shape index (κ1) is 36.6. The Balaban J connectivity index is 4.86. The van der Waals surface area contributed by atoms with Crippen molar-refractivity contribution in [1.29, 1.82) is 0 Å². The van der Waals surface area contributed by atoms with E-state index in [4.69, 9.17) is 16.2 Å². The zero-order valence-electron chi connectivity index (χ0n) is 24.8. The monoisotopic (exact) mass is 550 g/mol. The number of unbranched alkanes of at least 4 members (excludes halogenated alkanes) is 1. The molecule has 0 saturated carbocycles. The smallest absolute Gasteiger partial charge is 0.404 e. The second-order valence-electron chi connectivity index (χ2n) is 11.2. The highest BCUT2D eigenvalue weighted by Crippen LogP contribution is 2.27. The molecule has 0 heterocycles. The first-order chi connectivity index (χ1) is 18.2. The van der Waals surface area contributed by atoms with Crippen molar-refractivity contribution in [2.45, 2.75) is 104 Å². The van der Waals surface area contributed by atoms with Crippen molar-refractivity contribution in [3.63, 3.8) is 0 Å². The fourth-order valence-corrected chi connectivity index (χ4v) is 4.87. The zero-order valence-corrected chi connectivity index (χ0v) is 24.8. The largest absolute Gasteiger partial charge is 0.446 e. The Bertz CT molecular complexity index is 824. The Hall–Kier alpha value is -2.42. The summed E-state index contributed by atoms with van der Waals surface area (Å²) in [5.74, 6) is -1.03. The lowest BCUT2D eigenvalue weighted by Gasteiger charge is -2.30. The van der Waals surface area contributed by atoms with Gasteiger partial charge in [0.1, 0.15) is 6.10 Å². The van der Waals surface area contributed by atoms with Crippen molar-refractivity contribution >= 4 is 12.0 Å². The van der Waals surface area contributed by atoms with Gasteiger partial charge in [-0.15, -0.1) is 0 Å². The zero-order chi connectivity index (χ0) is 30.1. The predicted molar refractivity (Wildman–Crippen MR) is 157 cm³/mol. The van der Waals surface area contributed by atoms with E-state index >= 15 is 0 Å². The van der Waals surface area contributed by atoms with Gasteiger partial charge in [-0.25, -0.2) is 4.79 Å². The van der Waals surface area contributed by atoms with Crippen molar-refractivity contribution in [3.8, 4) is 0 Å². The van der Waals surface area contributed by atoms with Gasteiger partial charge in [-0.3, -0.25) is 4.79 Å². The summed E-state index contributed by atoms with van der Waals surface area (Å²) in [4.78, 5) is 22.3. The number of carbonyl (C=O) groups is 2. The van der Waals surface area contributed by atoms with Crippen LogP contribution in [0.25, 0.3) is 0 Å². The molecule has 7 N–H and O–H groups in total. The number of ether oxygens (including phenoxy) is 1. The summed E-state index contributed by atoms with van der Waals surface area (Å²) in [5, 5.41) is 31.7. The van der Waals surface area contributed by atoms with Crippen molar-refractivity contribution in [2.24, 2.45) is 41.1 Å². The predicted octanol–water partition coefficient (Wildman–Crippen LogP) is 4.78. The van der Waals surface area contributed by atoms with Gasteiger partial charge in [-0.2, -0.15) is 0 Å². The van der Waals surface area contributed by atoms with Crippen LogP contribution < -0.4 is 11.5 Å². The minimum Gasteiger partial charge on any atom is -0.446 e. The van der Waals surface area contributed by atoms with Gasteiger partial charge >= 0.3 is 6.09 Å². The summed E-state index contributed by atoms with van der Waals surface area (Å²) in [7, 11) is 0. The van der Waals surface area contributed by atoms with E-state index in [0.717, 1.165) is 24.8 Å². The van der Waals surface area contributed by atoms with Crippen molar-refractivity contribution in [2.75, 3.05) is 0 Å². The van der Waals surface area contributed by atoms with Gasteiger partial charge in [0.2, 0.25) is 5.91 Å². The number of nitrogens with two attached hydrogens (primary N) is 2. The van der Waals surface area contributed by atoms with Gasteiger partial charge in [0.25, 0.3) is 0 Å². The molecule has 0 bridgehead atoms. The maximum atomic E-state index is 11.4. The van der Waals surface area contributed by atoms with Crippen LogP contribution in [-0.4, -0.2) is 51.7 Å². The van der Waals surface area contributed by atoms with Crippen LogP contribution in [0, 0.1) is 29.6 Å². The maximum absolute atomic E-state index is 11.4. The normalized spacial score (nSPS) is 19.6. The molecule has 0 saturated heterocycles. The minimum atomic E-state index is -0.866. The fraction of sp³-hybridized carbons (Fsp3) is 0.677. The van der Waals surface area contributed by atoms with Crippen molar-refractivity contribution in [1.82, 2.24) is 0 Å². The van der Waals surface area contributed by atoms with Crippen LogP contribution in [0.2, 0.25) is 0 Å². The van der Waals surface area contributed by atoms with E-state index in [1.165, 1.54) is 0 Å². The average Bonchev–Trinajstić information content (AvgIpc) is 2.85. The molecule has 9 atom stereocenters. The molecule has 0 aromatic rings. The second kappa shape index (κ2) is 19.6. The molecule has 0 aliphatic rings. The summed E-state index contributed by atoms with van der Waals surface area (Å²) in [5.41, 5.74) is 11.4. The van der Waals surface area contributed by atoms with Crippen LogP contribution in [0.15, 0.2) is 48.6 Å². The molecule has 0 fully saturated rings. The Labute approximate surface area is 235 Å². The van der Waals surface area contributed by atoms with Gasteiger partial charge in [0, 0.05) is 24.2 Å². The summed E-state index contributed by atoms with van der Waals surface area (Å²) < 4.78 is 5.25. The third kappa shape index (κ3) is 15.7. The van der Waals surface area contributed by atoms with Crippen LogP contribution in [-0.2, 0) is 9.53 Å². The lowest BCUT2D eigenvalue weighted by atomic mass is 9.83. The van der Waals surface area contributed by atoms with E-state index in [-0.39, 0.29) is 36.0 Å². The molecule has 0 rings (SSSR count). The standard InChI is InChI=1S/C31H54N2O6/c1-8-9-11-16-27(39-31(33)38)25(7)30(37)24(6)18-20(2)17-23(5)29(36)22(4)15-13-10-12-14-21(3)26(34)19-28(32)35/h8-9,11,13,15,17,21-27,29-30,34,36-37H,1,10,12,14,16,18-19H2,2-7H3,(H2,32,35)(H2,33,38)/b11-9-,15-13-,20-17-. The van der Waals surface area contributed by atoms with Crippen molar-refractivity contribution in [3.05, 3.63) is 48.6 Å². The Morgan fingerprint density at radius 1 is 0.923 bits per heavy atom. The molecule has 0 spiro atoms. The van der Waals surface area contributed by atoms with E-state index in [2.05, 4.69) is 18.7 Å². The number of hydrogen-bond acceptors (Lipinski definition) is 6. The molecule has 224 valence electrons. The highest BCUT2D eigenvalue weighted by Gasteiger charge is 2.30. The van der Waals surface area contributed by atoms with Crippen LogP contribution >= 0.6 is 0 Å². The summed E-state index contributed by atoms with van der Waals surface area (Å²) >= 11 is 0. The first-order valence-electron chi connectivity index (χ1n) is 14.1. The van der Waals surface area contributed by atoms with E-state index < -0.39 is 36.4 Å². The molecule has 0 aliphatic heterocycles. The molecule has 9 unspecified atom stereocenters. The van der Waals surface area contributed by atoms with Gasteiger partial charge in [0.05, 0.1) is 24.7 Å². The van der Waals surface area contributed by atoms with Gasteiger partial charge in [0.15, 0.2) is 0 Å². The number of hydrogen-bond donors (Lipinski definition) is 5. The Kier molecular flexibility index (Phi) is 18.4. The summed E-state index contributed by atoms with van der Waals surface area (Å²) in [6, 6.07) is 0. The Morgan fingerprint density at radius 2 is 1.56 bits per heavy atom. The first-order valence-corrected chi connectivity index (χ1v) is 14.1. The minimum absolute atomic E-state index is 0.00149. The lowest BCUT2D eigenvalue weighted by molar-refractivity contribution is -0.120. The topological polar surface area (TPSA) is 156 Å². The van der Waals surface area contributed by atoms with Crippen LogP contribution in [0.5, 0.6) is 0 Å². The SMILES string of the molecule is C=C/C=C\CC(OC(N)=O)C(C)C(O)C(C)C/C(C)=C\C(C)C(O)C(C)/C=C\CCCC(C)C(O)CC(N)=O. The van der Waals surface area contributed by atoms with E-state index in [1.54, 1.807) is 12.2 Å². The number of aliphatic hydroxyl groups is 3. The molecule has 39 heavy (non-hydrogen) atoms. The number of amides is 2. The average molecular weight is 551 g/mol. The number of rotatable bonds is 20. The van der Waals surface area contributed by atoms with E-state index in [1.807, 2.05) is 53.7 Å². The maximum Gasteiger partial charge on any atom is 0.404 e. The molecule has 0 aliphatic carbocycles. The molecular formula is C31H54N2O6. The van der Waals surface area contributed by atoms with E-state index in [9.17, 15) is 24.9 Å². The van der Waals surface area contributed by atoms with Gasteiger partial charge < -0.3 is 31.5 Å². The molecule has 0 aromatic heterocycles. The number of aliphatic hydroxyl groups excluding tert-OH is 3. The van der Waals surface area contributed by atoms with Crippen LogP contribution in [0.4, 0.5) is 4.79 Å². The fourth-order valence-electron chi connectivity index (χ4n) is 4.87.